The summed E-state index contributed by atoms with van der Waals surface area (Å²) in [5, 5.41) is 0. The third-order valence-electron chi connectivity index (χ3n) is 5.64. The second kappa shape index (κ2) is 5.94. The lowest BCUT2D eigenvalue weighted by molar-refractivity contribution is -0.137. The van der Waals surface area contributed by atoms with Crippen LogP contribution in [0.15, 0.2) is 12.1 Å². The zero-order valence-corrected chi connectivity index (χ0v) is 16.3. The lowest BCUT2D eigenvalue weighted by atomic mass is 9.78. The van der Waals surface area contributed by atoms with Gasteiger partial charge >= 0.3 is 12.3 Å². The van der Waals surface area contributed by atoms with Gasteiger partial charge in [0.2, 0.25) is 0 Å². The maximum Gasteiger partial charge on any atom is 0.418 e. The predicted molar refractivity (Wildman–Crippen MR) is 97.8 cm³/mol. The Balaban J connectivity index is 2.01. The number of nitrogens with zero attached hydrogens (tertiary/aromatic N) is 2. The number of anilines is 2. The van der Waals surface area contributed by atoms with Crippen molar-refractivity contribution < 1.29 is 22.7 Å². The highest BCUT2D eigenvalue weighted by Crippen LogP contribution is 2.55. The number of nitrogen functional groups attached to an aromatic ring is 1. The van der Waals surface area contributed by atoms with Crippen molar-refractivity contribution in [3.63, 3.8) is 0 Å². The van der Waals surface area contributed by atoms with E-state index in [0.717, 1.165) is 6.07 Å². The number of halogens is 3. The molecule has 2 heterocycles. The Morgan fingerprint density at radius 2 is 1.93 bits per heavy atom. The van der Waals surface area contributed by atoms with Crippen LogP contribution in [0, 0.1) is 0 Å². The van der Waals surface area contributed by atoms with Crippen LogP contribution in [-0.2, 0) is 10.9 Å². The first-order valence-corrected chi connectivity index (χ1v) is 8.96. The zero-order chi connectivity index (χ0) is 20.4. The van der Waals surface area contributed by atoms with Gasteiger partial charge < -0.3 is 20.3 Å². The monoisotopic (exact) mass is 385 g/mol. The predicted octanol–water partition coefficient (Wildman–Crippen LogP) is 4.22. The molecule has 0 aliphatic carbocycles. The van der Waals surface area contributed by atoms with Gasteiger partial charge in [-0.1, -0.05) is 0 Å². The molecule has 27 heavy (non-hydrogen) atoms. The number of fused-ring (bicyclic) bond motifs is 3. The molecule has 0 bridgehead atoms. The first kappa shape index (κ1) is 19.6. The van der Waals surface area contributed by atoms with Crippen LogP contribution >= 0.6 is 0 Å². The number of carbonyl (C=O) groups excluding carboxylic acids is 1. The molecule has 0 spiro atoms. The number of likely N-dealkylation sites (tertiary alicyclic amines) is 1. The Labute approximate surface area is 157 Å². The largest absolute Gasteiger partial charge is 0.444 e. The second-order valence-corrected chi connectivity index (χ2v) is 8.65. The first-order chi connectivity index (χ1) is 12.2. The van der Waals surface area contributed by atoms with Crippen LogP contribution in [0.2, 0.25) is 0 Å². The van der Waals surface area contributed by atoms with E-state index in [-0.39, 0.29) is 17.3 Å². The Hall–Kier alpha value is -2.12. The van der Waals surface area contributed by atoms with Gasteiger partial charge in [0.05, 0.1) is 11.3 Å². The molecule has 2 aliphatic rings. The summed E-state index contributed by atoms with van der Waals surface area (Å²) in [6.45, 7) is 8.02. The van der Waals surface area contributed by atoms with E-state index >= 15 is 0 Å². The van der Waals surface area contributed by atoms with E-state index in [0.29, 0.717) is 25.1 Å². The van der Waals surface area contributed by atoms with Crippen molar-refractivity contribution >= 4 is 17.5 Å². The number of rotatable bonds is 0. The fourth-order valence-electron chi connectivity index (χ4n) is 4.16. The van der Waals surface area contributed by atoms with Gasteiger partial charge in [-0.15, -0.1) is 0 Å². The third-order valence-corrected chi connectivity index (χ3v) is 5.64. The summed E-state index contributed by atoms with van der Waals surface area (Å²) in [7, 11) is 1.69. The number of piperidine rings is 1. The van der Waals surface area contributed by atoms with E-state index in [4.69, 9.17) is 10.5 Å². The molecule has 2 unspecified atom stereocenters. The molecule has 1 saturated heterocycles. The highest BCUT2D eigenvalue weighted by Gasteiger charge is 2.53. The van der Waals surface area contributed by atoms with Gasteiger partial charge in [-0.2, -0.15) is 13.2 Å². The summed E-state index contributed by atoms with van der Waals surface area (Å²) in [6, 6.07) is 2.59. The van der Waals surface area contributed by atoms with Crippen molar-refractivity contribution in [3.8, 4) is 0 Å². The molecule has 2 N–H and O–H groups in total. The van der Waals surface area contributed by atoms with Crippen LogP contribution in [0.3, 0.4) is 0 Å². The van der Waals surface area contributed by atoms with Gasteiger partial charge in [0, 0.05) is 37.3 Å². The van der Waals surface area contributed by atoms with Gasteiger partial charge in [0.15, 0.2) is 0 Å². The Bertz CT molecular complexity index is 773. The molecule has 3 rings (SSSR count). The molecule has 5 nitrogen and oxygen atoms in total. The van der Waals surface area contributed by atoms with Gasteiger partial charge in [-0.25, -0.2) is 4.79 Å². The normalized spacial score (nSPS) is 25.3. The maximum atomic E-state index is 13.6. The molecule has 0 saturated carbocycles. The number of nitrogens with two attached hydrogens (primary N) is 1. The fourth-order valence-corrected chi connectivity index (χ4v) is 4.16. The first-order valence-electron chi connectivity index (χ1n) is 8.96. The van der Waals surface area contributed by atoms with E-state index in [1.165, 1.54) is 0 Å². The van der Waals surface area contributed by atoms with Gasteiger partial charge in [-0.3, -0.25) is 0 Å². The number of alkyl halides is 3. The summed E-state index contributed by atoms with van der Waals surface area (Å²) in [5.41, 5.74) is 4.70. The average molecular weight is 385 g/mol. The quantitative estimate of drug-likeness (QED) is 0.680. The van der Waals surface area contributed by atoms with Crippen LogP contribution in [0.4, 0.5) is 29.3 Å². The standard InChI is InChI=1S/C19H26F3N3O2/c1-17(2,3)27-16(26)25-7-6-18(4)14(10-25)12-8-11(23)9-13(19(20,21)22)15(12)24(18)5/h8-9,14H,6-7,10,23H2,1-5H3. The topological polar surface area (TPSA) is 58.8 Å². The SMILES string of the molecule is CN1c2c(cc(N)cc2C(F)(F)F)C2CN(C(=O)OC(C)(C)C)CCC21C. The molecule has 1 aromatic carbocycles. The second-order valence-electron chi connectivity index (χ2n) is 8.65. The van der Waals surface area contributed by atoms with Crippen molar-refractivity contribution in [2.45, 2.75) is 57.3 Å². The third kappa shape index (κ3) is 3.30. The molecule has 1 amide bonds. The lowest BCUT2D eigenvalue weighted by Crippen LogP contribution is -2.55. The average Bonchev–Trinajstić information content (AvgIpc) is 2.72. The summed E-state index contributed by atoms with van der Waals surface area (Å²) in [5.74, 6) is -0.275. The number of hydrogen-bond acceptors (Lipinski definition) is 4. The molecule has 150 valence electrons. The van der Waals surface area contributed by atoms with Gasteiger partial charge in [0.25, 0.3) is 0 Å². The van der Waals surface area contributed by atoms with Gasteiger partial charge in [-0.05, 0) is 51.8 Å². The number of benzene rings is 1. The molecule has 1 fully saturated rings. The number of hydrogen-bond donors (Lipinski definition) is 1. The summed E-state index contributed by atoms with van der Waals surface area (Å²) >= 11 is 0. The van der Waals surface area contributed by atoms with Crippen molar-refractivity contribution in [3.05, 3.63) is 23.3 Å². The molecule has 0 aromatic heterocycles. The van der Waals surface area contributed by atoms with Crippen molar-refractivity contribution in [2.24, 2.45) is 0 Å². The van der Waals surface area contributed by atoms with E-state index in [2.05, 4.69) is 0 Å². The van der Waals surface area contributed by atoms with Gasteiger partial charge in [0.1, 0.15) is 5.60 Å². The van der Waals surface area contributed by atoms with Crippen LogP contribution in [0.5, 0.6) is 0 Å². The number of likely N-dealkylation sites (N-methyl/N-ethyl adjacent to an activating group) is 1. The molecule has 2 aliphatic heterocycles. The highest BCUT2D eigenvalue weighted by molar-refractivity contribution is 5.74. The zero-order valence-electron chi connectivity index (χ0n) is 16.3. The summed E-state index contributed by atoms with van der Waals surface area (Å²) in [4.78, 5) is 15.8. The summed E-state index contributed by atoms with van der Waals surface area (Å²) in [6.07, 6.45) is -4.40. The lowest BCUT2D eigenvalue weighted by Gasteiger charge is -2.46. The minimum Gasteiger partial charge on any atom is -0.444 e. The molecule has 0 radical (unpaired) electrons. The molecule has 8 heteroatoms. The Morgan fingerprint density at radius 1 is 1.30 bits per heavy atom. The van der Waals surface area contributed by atoms with E-state index in [1.54, 1.807) is 43.7 Å². The van der Waals surface area contributed by atoms with E-state index in [9.17, 15) is 18.0 Å². The maximum absolute atomic E-state index is 13.6. The molecular weight excluding hydrogens is 359 g/mol. The van der Waals surface area contributed by atoms with Crippen molar-refractivity contribution in [2.75, 3.05) is 30.8 Å². The number of carbonyl (C=O) groups is 1. The smallest absolute Gasteiger partial charge is 0.418 e. The fraction of sp³-hybridized carbons (Fsp3) is 0.632. The molecule has 2 atom stereocenters. The van der Waals surface area contributed by atoms with Crippen LogP contribution in [0.1, 0.15) is 51.2 Å². The molecular formula is C19H26F3N3O2. The van der Waals surface area contributed by atoms with Crippen molar-refractivity contribution in [1.82, 2.24) is 4.90 Å². The Morgan fingerprint density at radius 3 is 2.48 bits per heavy atom. The summed E-state index contributed by atoms with van der Waals surface area (Å²) < 4.78 is 46.3. The minimum absolute atomic E-state index is 0.0770. The molecule has 1 aromatic rings. The number of amides is 1. The van der Waals surface area contributed by atoms with Crippen LogP contribution in [-0.4, -0.2) is 42.3 Å². The van der Waals surface area contributed by atoms with Crippen LogP contribution < -0.4 is 10.6 Å². The Kier molecular flexibility index (Phi) is 4.32. The van der Waals surface area contributed by atoms with Crippen LogP contribution in [0.25, 0.3) is 0 Å². The van der Waals surface area contributed by atoms with E-state index in [1.807, 2.05) is 6.92 Å². The highest BCUT2D eigenvalue weighted by atomic mass is 19.4. The van der Waals surface area contributed by atoms with E-state index < -0.39 is 29.0 Å². The minimum atomic E-state index is -4.50. The number of ether oxygens (including phenoxy) is 1. The van der Waals surface area contributed by atoms with Crippen molar-refractivity contribution in [1.29, 1.82) is 0 Å².